The van der Waals surface area contributed by atoms with Crippen LogP contribution in [0.15, 0.2) is 11.6 Å². The van der Waals surface area contributed by atoms with E-state index in [0.717, 1.165) is 12.8 Å². The van der Waals surface area contributed by atoms with Crippen molar-refractivity contribution in [2.24, 2.45) is 0 Å². The number of hydrogen-bond acceptors (Lipinski definition) is 5. The molecule has 4 atom stereocenters. The van der Waals surface area contributed by atoms with Gasteiger partial charge in [-0.15, -0.1) is 0 Å². The number of ether oxygens (including phenoxy) is 2. The van der Waals surface area contributed by atoms with Gasteiger partial charge in [-0.3, -0.25) is 0 Å². The molecule has 0 saturated carbocycles. The van der Waals surface area contributed by atoms with Crippen molar-refractivity contribution in [3.63, 3.8) is 0 Å². The molecule has 6 heteroatoms. The van der Waals surface area contributed by atoms with E-state index >= 15 is 0 Å². The number of fused-ring (bicyclic) bond motifs is 1. The highest BCUT2D eigenvalue weighted by molar-refractivity contribution is 6.74. The van der Waals surface area contributed by atoms with Crippen LogP contribution in [0.4, 0.5) is 0 Å². The smallest absolute Gasteiger partial charge is 0.192 e. The summed E-state index contributed by atoms with van der Waals surface area (Å²) in [5.41, 5.74) is 0.333. The fourth-order valence-electron chi connectivity index (χ4n) is 2.77. The predicted octanol–water partition coefficient (Wildman–Crippen LogP) is 2.58. The van der Waals surface area contributed by atoms with Gasteiger partial charge in [0.05, 0.1) is 19.3 Å². The molecule has 2 heterocycles. The van der Waals surface area contributed by atoms with Crippen molar-refractivity contribution >= 4 is 8.32 Å². The molecule has 0 aromatic carbocycles. The zero-order valence-electron chi connectivity index (χ0n) is 15.3. The Hall–Kier alpha value is -0.243. The van der Waals surface area contributed by atoms with Gasteiger partial charge in [-0.05, 0) is 43.5 Å². The van der Waals surface area contributed by atoms with Crippen LogP contribution in [-0.4, -0.2) is 55.8 Å². The molecule has 2 saturated heterocycles. The van der Waals surface area contributed by atoms with Gasteiger partial charge in [-0.25, -0.2) is 0 Å². The van der Waals surface area contributed by atoms with Crippen molar-refractivity contribution in [1.82, 2.24) is 0 Å². The van der Waals surface area contributed by atoms with Crippen LogP contribution in [0.2, 0.25) is 18.1 Å². The number of aliphatic hydroxyl groups excluding tert-OH is 2. The number of hydrogen-bond donors (Lipinski definition) is 2. The fraction of sp³-hybridized carbons (Fsp3) is 0.882. The molecule has 2 N–H and O–H groups in total. The highest BCUT2D eigenvalue weighted by Crippen LogP contribution is 2.39. The Kier molecular flexibility index (Phi) is 5.46. The van der Waals surface area contributed by atoms with Crippen LogP contribution >= 0.6 is 0 Å². The monoisotopic (exact) mass is 344 g/mol. The van der Waals surface area contributed by atoms with Crippen molar-refractivity contribution in [2.45, 2.75) is 82.8 Å². The van der Waals surface area contributed by atoms with Crippen molar-refractivity contribution in [3.8, 4) is 0 Å². The van der Waals surface area contributed by atoms with Gasteiger partial charge >= 0.3 is 0 Å². The summed E-state index contributed by atoms with van der Waals surface area (Å²) in [5, 5.41) is 20.0. The van der Waals surface area contributed by atoms with Gasteiger partial charge in [0.15, 0.2) is 14.6 Å². The molecular formula is C17H32O5Si. The Morgan fingerprint density at radius 1 is 1.35 bits per heavy atom. The second-order valence-corrected chi connectivity index (χ2v) is 13.2. The molecule has 2 aliphatic heterocycles. The van der Waals surface area contributed by atoms with Crippen molar-refractivity contribution in [1.29, 1.82) is 0 Å². The van der Waals surface area contributed by atoms with E-state index in [1.807, 2.05) is 6.92 Å². The van der Waals surface area contributed by atoms with Gasteiger partial charge < -0.3 is 24.1 Å². The summed E-state index contributed by atoms with van der Waals surface area (Å²) < 4.78 is 17.5. The molecule has 0 aromatic heterocycles. The summed E-state index contributed by atoms with van der Waals surface area (Å²) >= 11 is 0. The Balaban J connectivity index is 1.95. The van der Waals surface area contributed by atoms with Crippen LogP contribution in [0, 0.1) is 0 Å². The van der Waals surface area contributed by atoms with Crippen LogP contribution in [0.5, 0.6) is 0 Å². The molecule has 0 spiro atoms. The van der Waals surface area contributed by atoms with Gasteiger partial charge in [0.1, 0.15) is 11.7 Å². The lowest BCUT2D eigenvalue weighted by molar-refractivity contribution is -0.131. The third-order valence-corrected chi connectivity index (χ3v) is 10.2. The predicted molar refractivity (Wildman–Crippen MR) is 91.7 cm³/mol. The molecule has 0 radical (unpaired) electrons. The molecule has 2 aliphatic rings. The minimum Gasteiger partial charge on any atom is -0.413 e. The average Bonchev–Trinajstić information content (AvgIpc) is 2.57. The lowest BCUT2D eigenvalue weighted by Gasteiger charge is -2.35. The van der Waals surface area contributed by atoms with E-state index in [-0.39, 0.29) is 11.1 Å². The average molecular weight is 345 g/mol. The molecule has 1 unspecified atom stereocenters. The molecule has 2 rings (SSSR count). The van der Waals surface area contributed by atoms with E-state index in [2.05, 4.69) is 39.9 Å². The van der Waals surface area contributed by atoms with Crippen LogP contribution in [0.3, 0.4) is 0 Å². The highest BCUT2D eigenvalue weighted by atomic mass is 28.4. The van der Waals surface area contributed by atoms with Crippen molar-refractivity contribution < 1.29 is 24.1 Å². The van der Waals surface area contributed by atoms with E-state index < -0.39 is 26.3 Å². The number of aliphatic hydroxyl groups is 2. The molecule has 0 aromatic rings. The van der Waals surface area contributed by atoms with Crippen molar-refractivity contribution in [3.05, 3.63) is 11.6 Å². The molecule has 5 nitrogen and oxygen atoms in total. The maximum Gasteiger partial charge on any atom is 0.192 e. The third-order valence-electron chi connectivity index (χ3n) is 5.72. The maximum absolute atomic E-state index is 10.1. The largest absolute Gasteiger partial charge is 0.413 e. The second kappa shape index (κ2) is 6.58. The zero-order chi connectivity index (χ0) is 17.5. The van der Waals surface area contributed by atoms with Crippen LogP contribution in [0.1, 0.15) is 40.5 Å². The van der Waals surface area contributed by atoms with Crippen LogP contribution in [0.25, 0.3) is 0 Å². The molecule has 0 bridgehead atoms. The summed E-state index contributed by atoms with van der Waals surface area (Å²) in [6, 6.07) is 0. The zero-order valence-corrected chi connectivity index (χ0v) is 16.3. The van der Waals surface area contributed by atoms with E-state index in [0.29, 0.717) is 13.2 Å². The molecule has 0 amide bonds. The van der Waals surface area contributed by atoms with Gasteiger partial charge in [0, 0.05) is 0 Å². The summed E-state index contributed by atoms with van der Waals surface area (Å²) in [6.45, 7) is 14.0. The van der Waals surface area contributed by atoms with Gasteiger partial charge in [-0.1, -0.05) is 26.8 Å². The lowest BCUT2D eigenvalue weighted by Crippen LogP contribution is -2.47. The Morgan fingerprint density at radius 2 is 2.00 bits per heavy atom. The normalized spacial score (nSPS) is 37.7. The van der Waals surface area contributed by atoms with E-state index in [1.54, 1.807) is 0 Å². The first-order valence-corrected chi connectivity index (χ1v) is 11.4. The standard InChI is InChI=1S/C17H32O5Si/c1-16(2,3)23(5,6)21-10-9-12-7-8-13-17(4,20-11-12)14(18)15(19)22-13/h9,13-15,18-19H,7-8,10-11H2,1-6H3/b12-9+/t13-,14+,15?,17-/m1/s1. The Morgan fingerprint density at radius 3 is 2.61 bits per heavy atom. The van der Waals surface area contributed by atoms with Crippen LogP contribution in [-0.2, 0) is 13.9 Å². The third kappa shape index (κ3) is 3.88. The first kappa shape index (κ1) is 19.1. The fourth-order valence-corrected chi connectivity index (χ4v) is 3.70. The van der Waals surface area contributed by atoms with E-state index in [4.69, 9.17) is 13.9 Å². The SMILES string of the molecule is CC(C)(C)[Si](C)(C)OC/C=C1\CC[C@H]2OC(O)[C@H](O)[C@]2(C)OC1. The first-order valence-electron chi connectivity index (χ1n) is 8.45. The summed E-state index contributed by atoms with van der Waals surface area (Å²) in [5.74, 6) is 0. The second-order valence-electron chi connectivity index (χ2n) is 8.41. The molecule has 134 valence electrons. The molecular weight excluding hydrogens is 312 g/mol. The Bertz CT molecular complexity index is 456. The minimum atomic E-state index is -1.74. The minimum absolute atomic E-state index is 0.198. The van der Waals surface area contributed by atoms with E-state index in [9.17, 15) is 10.2 Å². The number of rotatable bonds is 3. The van der Waals surface area contributed by atoms with Gasteiger partial charge in [-0.2, -0.15) is 0 Å². The van der Waals surface area contributed by atoms with Gasteiger partial charge in [0.2, 0.25) is 0 Å². The summed E-state index contributed by atoms with van der Waals surface area (Å²) in [4.78, 5) is 0. The first-order chi connectivity index (χ1) is 10.5. The van der Waals surface area contributed by atoms with E-state index in [1.165, 1.54) is 5.57 Å². The molecule has 23 heavy (non-hydrogen) atoms. The quantitative estimate of drug-likeness (QED) is 0.608. The Labute approximate surface area is 140 Å². The highest BCUT2D eigenvalue weighted by Gasteiger charge is 2.54. The topological polar surface area (TPSA) is 68.2 Å². The van der Waals surface area contributed by atoms with Crippen LogP contribution < -0.4 is 0 Å². The summed E-state index contributed by atoms with van der Waals surface area (Å²) in [7, 11) is -1.74. The lowest BCUT2D eigenvalue weighted by atomic mass is 9.92. The maximum atomic E-state index is 10.1. The molecule has 2 fully saturated rings. The molecule has 0 aliphatic carbocycles. The summed E-state index contributed by atoms with van der Waals surface area (Å²) in [6.07, 6.45) is 1.23. The van der Waals surface area contributed by atoms with Crippen molar-refractivity contribution in [2.75, 3.05) is 13.2 Å². The van der Waals surface area contributed by atoms with Gasteiger partial charge in [0.25, 0.3) is 0 Å².